The van der Waals surface area contributed by atoms with Gasteiger partial charge in [0.15, 0.2) is 5.67 Å². The van der Waals surface area contributed by atoms with Gasteiger partial charge in [0.25, 0.3) is 0 Å². The van der Waals surface area contributed by atoms with Crippen molar-refractivity contribution in [2.24, 2.45) is 5.73 Å². The average molecular weight is 143 g/mol. The molecular weight excluding hydrogens is 133 g/mol. The molecule has 0 radical (unpaired) electrons. The van der Waals surface area contributed by atoms with Crippen LogP contribution in [0.5, 0.6) is 0 Å². The molecule has 0 saturated heterocycles. The highest BCUT2D eigenvalue weighted by molar-refractivity contribution is 5.19. The summed E-state index contributed by atoms with van der Waals surface area (Å²) in [7, 11) is 0. The van der Waals surface area contributed by atoms with Gasteiger partial charge in [-0.15, -0.1) is 0 Å². The van der Waals surface area contributed by atoms with E-state index in [2.05, 4.69) is 0 Å². The Kier molecular flexibility index (Phi) is 1.87. The summed E-state index contributed by atoms with van der Waals surface area (Å²) in [6.07, 6.45) is 4.91. The van der Waals surface area contributed by atoms with Crippen LogP contribution in [-0.4, -0.2) is 17.0 Å². The van der Waals surface area contributed by atoms with E-state index in [9.17, 15) is 4.39 Å². The molecule has 2 unspecified atom stereocenters. The summed E-state index contributed by atoms with van der Waals surface area (Å²) in [5.74, 6) is 0. The number of hydrogen-bond donors (Lipinski definition) is 2. The topological polar surface area (TPSA) is 46.2 Å². The van der Waals surface area contributed by atoms with Crippen LogP contribution in [0.4, 0.5) is 4.39 Å². The summed E-state index contributed by atoms with van der Waals surface area (Å²) in [5.41, 5.74) is 3.24. The van der Waals surface area contributed by atoms with E-state index in [1.165, 1.54) is 6.08 Å². The van der Waals surface area contributed by atoms with E-state index in [4.69, 9.17) is 10.8 Å². The molecule has 0 aliphatic heterocycles. The van der Waals surface area contributed by atoms with Gasteiger partial charge in [-0.2, -0.15) is 0 Å². The molecule has 2 atom stereocenters. The van der Waals surface area contributed by atoms with E-state index < -0.39 is 11.9 Å². The lowest BCUT2D eigenvalue weighted by Gasteiger charge is -2.24. The maximum Gasteiger partial charge on any atom is 0.171 e. The van der Waals surface area contributed by atoms with Gasteiger partial charge in [0.05, 0.1) is 0 Å². The summed E-state index contributed by atoms with van der Waals surface area (Å²) in [6, 6.07) is 0. The van der Waals surface area contributed by atoms with Gasteiger partial charge in [0.2, 0.25) is 0 Å². The van der Waals surface area contributed by atoms with Crippen LogP contribution in [0.2, 0.25) is 0 Å². The number of halogens is 1. The van der Waals surface area contributed by atoms with Crippen LogP contribution >= 0.6 is 0 Å². The van der Waals surface area contributed by atoms with Crippen molar-refractivity contribution in [3.8, 4) is 0 Å². The number of alkyl halides is 1. The van der Waals surface area contributed by atoms with Crippen LogP contribution in [-0.2, 0) is 0 Å². The smallest absolute Gasteiger partial charge is 0.171 e. The van der Waals surface area contributed by atoms with Crippen molar-refractivity contribution in [1.29, 1.82) is 0 Å². The Balaban J connectivity index is 2.70. The first-order chi connectivity index (χ1) is 4.65. The number of hydrogen-bond acceptors (Lipinski definition) is 2. The van der Waals surface area contributed by atoms with E-state index in [-0.39, 0.29) is 6.42 Å². The first kappa shape index (κ1) is 7.44. The normalized spacial score (nSPS) is 34.3. The molecule has 0 bridgehead atoms. The van der Waals surface area contributed by atoms with E-state index in [1.807, 2.05) is 0 Å². The molecule has 0 fully saturated rings. The summed E-state index contributed by atoms with van der Waals surface area (Å²) in [6.45, 7) is 0. The van der Waals surface area contributed by atoms with E-state index in [0.717, 1.165) is 0 Å². The minimum absolute atomic E-state index is 0.154. The largest absolute Gasteiger partial charge is 0.375 e. The fraction of sp³-hybridized carbons (Fsp3) is 0.429. The van der Waals surface area contributed by atoms with Gasteiger partial charge >= 0.3 is 0 Å². The third-order valence-corrected chi connectivity index (χ3v) is 1.54. The van der Waals surface area contributed by atoms with Crippen LogP contribution in [0.15, 0.2) is 24.3 Å². The zero-order chi connectivity index (χ0) is 7.61. The summed E-state index contributed by atoms with van der Waals surface area (Å²) < 4.78 is 13.2. The highest BCUT2D eigenvalue weighted by Gasteiger charge is 2.32. The molecule has 3 N–H and O–H groups in total. The quantitative estimate of drug-likeness (QED) is 0.525. The Morgan fingerprint density at radius 2 is 2.30 bits per heavy atom. The van der Waals surface area contributed by atoms with Crippen molar-refractivity contribution in [1.82, 2.24) is 0 Å². The van der Waals surface area contributed by atoms with Gasteiger partial charge in [-0.05, 0) is 6.08 Å². The molecule has 0 spiro atoms. The predicted octanol–water partition coefficient (Wildman–Crippen LogP) is 0.488. The fourth-order valence-corrected chi connectivity index (χ4v) is 0.830. The Hall–Kier alpha value is -0.670. The third-order valence-electron chi connectivity index (χ3n) is 1.54. The van der Waals surface area contributed by atoms with Crippen molar-refractivity contribution < 1.29 is 9.50 Å². The molecule has 0 heterocycles. The van der Waals surface area contributed by atoms with Gasteiger partial charge in [-0.1, -0.05) is 18.2 Å². The lowest BCUT2D eigenvalue weighted by molar-refractivity contribution is 0.0312. The number of allylic oxidation sites excluding steroid dienone is 3. The van der Waals surface area contributed by atoms with Crippen molar-refractivity contribution in [2.75, 3.05) is 0 Å². The molecule has 0 saturated carbocycles. The van der Waals surface area contributed by atoms with Crippen molar-refractivity contribution >= 4 is 0 Å². The minimum atomic E-state index is -1.76. The molecule has 2 nitrogen and oxygen atoms in total. The molecule has 3 heteroatoms. The average Bonchev–Trinajstić information content (AvgIpc) is 1.89. The van der Waals surface area contributed by atoms with Gasteiger partial charge in [-0.3, -0.25) is 0 Å². The number of aliphatic hydroxyl groups is 1. The zero-order valence-corrected chi connectivity index (χ0v) is 5.50. The third kappa shape index (κ3) is 1.25. The van der Waals surface area contributed by atoms with Gasteiger partial charge in [-0.25, -0.2) is 4.39 Å². The Bertz CT molecular complexity index is 176. The van der Waals surface area contributed by atoms with E-state index in [1.54, 1.807) is 18.2 Å². The van der Waals surface area contributed by atoms with Crippen LogP contribution in [0, 0.1) is 0 Å². The lowest BCUT2D eigenvalue weighted by atomic mass is 9.96. The summed E-state index contributed by atoms with van der Waals surface area (Å²) in [5, 5.41) is 8.75. The highest BCUT2D eigenvalue weighted by Crippen LogP contribution is 2.23. The minimum Gasteiger partial charge on any atom is -0.375 e. The Morgan fingerprint density at radius 3 is 2.60 bits per heavy atom. The molecule has 1 aliphatic carbocycles. The Labute approximate surface area is 58.8 Å². The molecule has 1 rings (SSSR count). The molecule has 0 amide bonds. The second-order valence-corrected chi connectivity index (χ2v) is 2.36. The SMILES string of the molecule is NC(O)C1(F)C=CC=CC1. The fourth-order valence-electron chi connectivity index (χ4n) is 0.830. The lowest BCUT2D eigenvalue weighted by Crippen LogP contribution is -2.42. The molecule has 1 aliphatic rings. The van der Waals surface area contributed by atoms with E-state index in [0.29, 0.717) is 0 Å². The standard InChI is InChI=1S/C7H10FNO/c8-7(6(9)10)4-2-1-3-5-7/h1-4,6,10H,5,9H2. The second-order valence-electron chi connectivity index (χ2n) is 2.36. The number of aliphatic hydroxyl groups excluding tert-OH is 1. The number of nitrogens with two attached hydrogens (primary N) is 1. The maximum absolute atomic E-state index is 13.2. The molecule has 0 aromatic carbocycles. The summed E-state index contributed by atoms with van der Waals surface area (Å²) >= 11 is 0. The van der Waals surface area contributed by atoms with Crippen LogP contribution in [0.1, 0.15) is 6.42 Å². The molecular formula is C7H10FNO. The second kappa shape index (κ2) is 2.52. The molecule has 56 valence electrons. The first-order valence-corrected chi connectivity index (χ1v) is 3.12. The van der Waals surface area contributed by atoms with Crippen molar-refractivity contribution in [2.45, 2.75) is 18.3 Å². The van der Waals surface area contributed by atoms with Gasteiger partial charge < -0.3 is 10.8 Å². The van der Waals surface area contributed by atoms with Crippen molar-refractivity contribution in [3.63, 3.8) is 0 Å². The zero-order valence-electron chi connectivity index (χ0n) is 5.50. The monoisotopic (exact) mass is 143 g/mol. The van der Waals surface area contributed by atoms with Gasteiger partial charge in [0.1, 0.15) is 6.23 Å². The van der Waals surface area contributed by atoms with E-state index >= 15 is 0 Å². The van der Waals surface area contributed by atoms with Crippen LogP contribution in [0.3, 0.4) is 0 Å². The van der Waals surface area contributed by atoms with Gasteiger partial charge in [0, 0.05) is 6.42 Å². The summed E-state index contributed by atoms with van der Waals surface area (Å²) in [4.78, 5) is 0. The first-order valence-electron chi connectivity index (χ1n) is 3.12. The molecule has 0 aromatic rings. The Morgan fingerprint density at radius 1 is 1.60 bits per heavy atom. The van der Waals surface area contributed by atoms with Crippen LogP contribution in [0.25, 0.3) is 0 Å². The highest BCUT2D eigenvalue weighted by atomic mass is 19.1. The number of rotatable bonds is 1. The molecule has 10 heavy (non-hydrogen) atoms. The van der Waals surface area contributed by atoms with Crippen molar-refractivity contribution in [3.05, 3.63) is 24.3 Å². The molecule has 0 aromatic heterocycles. The predicted molar refractivity (Wildman–Crippen MR) is 36.9 cm³/mol. The van der Waals surface area contributed by atoms with Crippen LogP contribution < -0.4 is 5.73 Å². The maximum atomic E-state index is 13.2.